The maximum atomic E-state index is 12.6. The summed E-state index contributed by atoms with van der Waals surface area (Å²) in [5.74, 6) is 0.104. The summed E-state index contributed by atoms with van der Waals surface area (Å²) < 4.78 is 0. The molecule has 2 aromatic carbocycles. The van der Waals surface area contributed by atoms with Crippen LogP contribution in [0.3, 0.4) is 0 Å². The van der Waals surface area contributed by atoms with E-state index in [1.54, 1.807) is 0 Å². The number of hydrogen-bond donors (Lipinski definition) is 2. The highest BCUT2D eigenvalue weighted by molar-refractivity contribution is 5.88. The molecule has 0 radical (unpaired) electrons. The Bertz CT molecular complexity index is 860. The number of carbonyl (C=O) groups excluding carboxylic acids is 1. The number of aromatic amines is 1. The van der Waals surface area contributed by atoms with Crippen molar-refractivity contribution in [2.45, 2.75) is 37.5 Å². The smallest absolute Gasteiger partial charge is 0.224 e. The van der Waals surface area contributed by atoms with Gasteiger partial charge in [-0.15, -0.1) is 0 Å². The molecular weight excluding hydrogens is 308 g/mol. The molecule has 0 atom stereocenters. The second kappa shape index (κ2) is 6.75. The predicted molar refractivity (Wildman–Crippen MR) is 102 cm³/mol. The lowest BCUT2D eigenvalue weighted by Gasteiger charge is -2.30. The Morgan fingerprint density at radius 2 is 1.72 bits per heavy atom. The topological polar surface area (TPSA) is 44.9 Å². The minimum atomic E-state index is 0.104. The lowest BCUT2D eigenvalue weighted by atomic mass is 9.79. The first-order valence-electron chi connectivity index (χ1n) is 9.14. The van der Waals surface area contributed by atoms with Crippen LogP contribution in [0.5, 0.6) is 0 Å². The lowest BCUT2D eigenvalue weighted by Crippen LogP contribution is -2.39. The fraction of sp³-hybridized carbons (Fsp3) is 0.318. The van der Waals surface area contributed by atoms with Gasteiger partial charge >= 0.3 is 0 Å². The van der Waals surface area contributed by atoms with Gasteiger partial charge in [-0.2, -0.15) is 0 Å². The summed E-state index contributed by atoms with van der Waals surface area (Å²) in [6, 6.07) is 18.8. The van der Waals surface area contributed by atoms with E-state index >= 15 is 0 Å². The van der Waals surface area contributed by atoms with E-state index in [2.05, 4.69) is 46.7 Å². The Morgan fingerprint density at radius 3 is 2.52 bits per heavy atom. The molecule has 0 saturated heterocycles. The highest BCUT2D eigenvalue weighted by atomic mass is 16.1. The largest absolute Gasteiger partial charge is 0.361 e. The number of hydrogen-bond acceptors (Lipinski definition) is 1. The van der Waals surface area contributed by atoms with E-state index in [9.17, 15) is 4.79 Å². The molecule has 1 aliphatic carbocycles. The number of aromatic nitrogens is 1. The average molecular weight is 332 g/mol. The molecule has 4 rings (SSSR count). The molecule has 0 aliphatic heterocycles. The summed E-state index contributed by atoms with van der Waals surface area (Å²) in [7, 11) is 0. The fourth-order valence-corrected chi connectivity index (χ4v) is 4.19. The van der Waals surface area contributed by atoms with Crippen molar-refractivity contribution in [3.05, 3.63) is 71.9 Å². The van der Waals surface area contributed by atoms with Gasteiger partial charge in [0.2, 0.25) is 5.91 Å². The third-order valence-electron chi connectivity index (χ3n) is 5.60. The first-order valence-corrected chi connectivity index (χ1v) is 9.14. The number of nitrogens with one attached hydrogen (secondary N) is 2. The molecule has 3 heteroatoms. The first-order chi connectivity index (χ1) is 12.3. The minimum Gasteiger partial charge on any atom is -0.361 e. The van der Waals surface area contributed by atoms with E-state index < -0.39 is 0 Å². The second-order valence-corrected chi connectivity index (χ2v) is 7.17. The van der Waals surface area contributed by atoms with Crippen molar-refractivity contribution in [2.75, 3.05) is 6.54 Å². The number of fused-ring (bicyclic) bond motifs is 1. The quantitative estimate of drug-likeness (QED) is 0.717. The molecule has 128 valence electrons. The summed E-state index contributed by atoms with van der Waals surface area (Å²) in [5.41, 5.74) is 3.62. The normalized spacial score (nSPS) is 16.2. The summed E-state index contributed by atoms with van der Waals surface area (Å²) in [5, 5.41) is 4.35. The van der Waals surface area contributed by atoms with E-state index in [1.165, 1.54) is 18.4 Å². The Balaban J connectivity index is 1.45. The van der Waals surface area contributed by atoms with Crippen LogP contribution in [0.2, 0.25) is 0 Å². The molecule has 0 unspecified atom stereocenters. The van der Waals surface area contributed by atoms with Crippen LogP contribution in [0.25, 0.3) is 10.9 Å². The molecule has 1 fully saturated rings. The van der Waals surface area contributed by atoms with Crippen LogP contribution in [-0.4, -0.2) is 17.4 Å². The molecular formula is C22H24N2O. The summed E-state index contributed by atoms with van der Waals surface area (Å²) in [6.45, 7) is 0.734. The molecule has 25 heavy (non-hydrogen) atoms. The van der Waals surface area contributed by atoms with E-state index in [4.69, 9.17) is 0 Å². The molecule has 1 saturated carbocycles. The number of carbonyl (C=O) groups is 1. The Kier molecular flexibility index (Phi) is 4.31. The van der Waals surface area contributed by atoms with Gasteiger partial charge < -0.3 is 10.3 Å². The Morgan fingerprint density at radius 1 is 1.00 bits per heavy atom. The molecule has 1 amide bonds. The van der Waals surface area contributed by atoms with Crippen LogP contribution >= 0.6 is 0 Å². The number of H-pyrrole nitrogens is 1. The first kappa shape index (κ1) is 15.9. The highest BCUT2D eigenvalue weighted by Gasteiger charge is 2.35. The third kappa shape index (κ3) is 3.19. The van der Waals surface area contributed by atoms with Crippen LogP contribution in [-0.2, 0) is 16.6 Å². The Labute approximate surface area is 148 Å². The van der Waals surface area contributed by atoms with Crippen molar-refractivity contribution in [1.82, 2.24) is 10.3 Å². The molecule has 3 aromatic rings. The molecule has 1 aromatic heterocycles. The van der Waals surface area contributed by atoms with Crippen molar-refractivity contribution in [1.29, 1.82) is 0 Å². The zero-order valence-electron chi connectivity index (χ0n) is 14.4. The van der Waals surface area contributed by atoms with Crippen molar-refractivity contribution in [3.8, 4) is 0 Å². The lowest BCUT2D eigenvalue weighted by molar-refractivity contribution is -0.120. The molecule has 0 bridgehead atoms. The maximum absolute atomic E-state index is 12.6. The summed E-state index contributed by atoms with van der Waals surface area (Å²) in [4.78, 5) is 15.8. The van der Waals surface area contributed by atoms with Crippen LogP contribution in [0.15, 0.2) is 60.8 Å². The standard InChI is InChI=1S/C22H24N2O/c25-21(14-17-15-23-20-11-5-4-10-19(17)20)24-16-22(12-6-7-13-22)18-8-2-1-3-9-18/h1-5,8-11,15,23H,6-7,12-14,16H2,(H,24,25). The van der Waals surface area contributed by atoms with E-state index in [-0.39, 0.29) is 11.3 Å². The third-order valence-corrected chi connectivity index (χ3v) is 5.60. The van der Waals surface area contributed by atoms with Gasteiger partial charge in [-0.1, -0.05) is 61.4 Å². The van der Waals surface area contributed by atoms with Gasteiger partial charge in [-0.05, 0) is 30.0 Å². The van der Waals surface area contributed by atoms with E-state index in [0.29, 0.717) is 6.42 Å². The maximum Gasteiger partial charge on any atom is 0.224 e. The molecule has 0 spiro atoms. The van der Waals surface area contributed by atoms with Crippen molar-refractivity contribution >= 4 is 16.8 Å². The number of rotatable bonds is 5. The summed E-state index contributed by atoms with van der Waals surface area (Å²) in [6.07, 6.45) is 7.18. The number of amides is 1. The molecule has 1 heterocycles. The van der Waals surface area contributed by atoms with Gasteiger partial charge in [0, 0.05) is 29.1 Å². The average Bonchev–Trinajstić information content (AvgIpc) is 3.29. The van der Waals surface area contributed by atoms with Crippen LogP contribution in [0.4, 0.5) is 0 Å². The van der Waals surface area contributed by atoms with Gasteiger partial charge in [-0.3, -0.25) is 4.79 Å². The van der Waals surface area contributed by atoms with Gasteiger partial charge in [0.15, 0.2) is 0 Å². The van der Waals surface area contributed by atoms with Gasteiger partial charge in [0.1, 0.15) is 0 Å². The SMILES string of the molecule is O=C(Cc1c[nH]c2ccccc12)NCC1(c2ccccc2)CCCC1. The van der Waals surface area contributed by atoms with Gasteiger partial charge in [0.25, 0.3) is 0 Å². The van der Waals surface area contributed by atoms with E-state index in [0.717, 1.165) is 35.9 Å². The van der Waals surface area contributed by atoms with Crippen molar-refractivity contribution in [3.63, 3.8) is 0 Å². The molecule has 2 N–H and O–H groups in total. The minimum absolute atomic E-state index is 0.104. The van der Waals surface area contributed by atoms with Gasteiger partial charge in [-0.25, -0.2) is 0 Å². The zero-order chi connectivity index (χ0) is 17.1. The second-order valence-electron chi connectivity index (χ2n) is 7.17. The van der Waals surface area contributed by atoms with Crippen LogP contribution < -0.4 is 5.32 Å². The summed E-state index contributed by atoms with van der Waals surface area (Å²) >= 11 is 0. The molecule has 1 aliphatic rings. The monoisotopic (exact) mass is 332 g/mol. The van der Waals surface area contributed by atoms with Crippen LogP contribution in [0.1, 0.15) is 36.8 Å². The number of para-hydroxylation sites is 1. The Hall–Kier alpha value is -2.55. The zero-order valence-corrected chi connectivity index (χ0v) is 14.4. The van der Waals surface area contributed by atoms with Crippen LogP contribution in [0, 0.1) is 0 Å². The predicted octanol–water partition coefficient (Wildman–Crippen LogP) is 4.34. The van der Waals surface area contributed by atoms with Crippen molar-refractivity contribution in [2.24, 2.45) is 0 Å². The highest BCUT2D eigenvalue weighted by Crippen LogP contribution is 2.40. The fourth-order valence-electron chi connectivity index (χ4n) is 4.19. The van der Waals surface area contributed by atoms with E-state index in [1.807, 2.05) is 24.4 Å². The number of benzene rings is 2. The van der Waals surface area contributed by atoms with Gasteiger partial charge in [0.05, 0.1) is 6.42 Å². The van der Waals surface area contributed by atoms with Crippen molar-refractivity contribution < 1.29 is 4.79 Å². The molecule has 3 nitrogen and oxygen atoms in total.